The normalized spacial score (nSPS) is 18.2. The minimum absolute atomic E-state index is 0.0362. The van der Waals surface area contributed by atoms with Crippen molar-refractivity contribution >= 4 is 11.8 Å². The van der Waals surface area contributed by atoms with Crippen molar-refractivity contribution in [2.45, 2.75) is 26.2 Å². The van der Waals surface area contributed by atoms with Gasteiger partial charge in [0.15, 0.2) is 11.5 Å². The number of benzene rings is 2. The molecule has 1 N–H and O–H groups in total. The summed E-state index contributed by atoms with van der Waals surface area (Å²) in [5, 5.41) is 3.00. The van der Waals surface area contributed by atoms with E-state index in [-0.39, 0.29) is 23.7 Å². The third-order valence-corrected chi connectivity index (χ3v) is 5.62. The van der Waals surface area contributed by atoms with Crippen LogP contribution in [0.25, 0.3) is 0 Å². The first kappa shape index (κ1) is 21.7. The summed E-state index contributed by atoms with van der Waals surface area (Å²) in [7, 11) is 3.19. The van der Waals surface area contributed by atoms with E-state index < -0.39 is 0 Å². The summed E-state index contributed by atoms with van der Waals surface area (Å²) in [6.45, 7) is 5.44. The zero-order chi connectivity index (χ0) is 21.7. The topological polar surface area (TPSA) is 67.9 Å². The number of amides is 2. The van der Waals surface area contributed by atoms with Crippen molar-refractivity contribution < 1.29 is 19.1 Å². The van der Waals surface area contributed by atoms with Crippen molar-refractivity contribution in [3.8, 4) is 11.5 Å². The second-order valence-electron chi connectivity index (χ2n) is 7.66. The van der Waals surface area contributed by atoms with Crippen LogP contribution in [0.3, 0.4) is 0 Å². The molecule has 0 bridgehead atoms. The highest BCUT2D eigenvalue weighted by Crippen LogP contribution is 2.42. The Morgan fingerprint density at radius 2 is 1.80 bits per heavy atom. The number of hydrogen-bond donors (Lipinski definition) is 1. The number of carbonyl (C=O) groups excluding carboxylic acids is 2. The maximum atomic E-state index is 13.1. The molecule has 6 heteroatoms. The predicted octanol–water partition coefficient (Wildman–Crippen LogP) is 3.39. The van der Waals surface area contributed by atoms with Gasteiger partial charge in [-0.05, 0) is 31.5 Å². The SMILES string of the molecule is CCCNC(=O)C1CN(C(=O)c2ccc(C)cc2)CC1c1cccc(OC)c1OC. The molecule has 0 spiro atoms. The molecule has 2 aromatic carbocycles. The zero-order valence-corrected chi connectivity index (χ0v) is 18.1. The van der Waals surface area contributed by atoms with E-state index in [4.69, 9.17) is 9.47 Å². The van der Waals surface area contributed by atoms with Crippen LogP contribution in [-0.4, -0.2) is 50.6 Å². The second-order valence-corrected chi connectivity index (χ2v) is 7.66. The Bertz CT molecular complexity index is 895. The van der Waals surface area contributed by atoms with Crippen LogP contribution in [-0.2, 0) is 4.79 Å². The van der Waals surface area contributed by atoms with Crippen LogP contribution in [0.5, 0.6) is 11.5 Å². The van der Waals surface area contributed by atoms with E-state index in [0.717, 1.165) is 17.5 Å². The van der Waals surface area contributed by atoms with Gasteiger partial charge >= 0.3 is 0 Å². The van der Waals surface area contributed by atoms with Gasteiger partial charge in [0.25, 0.3) is 5.91 Å². The van der Waals surface area contributed by atoms with Crippen LogP contribution in [0.4, 0.5) is 0 Å². The fourth-order valence-electron chi connectivity index (χ4n) is 4.01. The quantitative estimate of drug-likeness (QED) is 0.760. The van der Waals surface area contributed by atoms with Crippen molar-refractivity contribution in [1.29, 1.82) is 0 Å². The van der Waals surface area contributed by atoms with Crippen molar-refractivity contribution in [1.82, 2.24) is 10.2 Å². The second kappa shape index (κ2) is 9.65. The molecule has 1 aliphatic heterocycles. The summed E-state index contributed by atoms with van der Waals surface area (Å²) >= 11 is 0. The maximum absolute atomic E-state index is 13.1. The molecular weight excluding hydrogens is 380 g/mol. The summed E-state index contributed by atoms with van der Waals surface area (Å²) in [5.74, 6) is 0.598. The molecule has 2 amide bonds. The molecule has 160 valence electrons. The molecule has 2 atom stereocenters. The number of rotatable bonds is 7. The Morgan fingerprint density at radius 3 is 2.43 bits per heavy atom. The van der Waals surface area contributed by atoms with Crippen LogP contribution in [0, 0.1) is 12.8 Å². The number of methoxy groups -OCH3 is 2. The molecule has 6 nitrogen and oxygen atoms in total. The molecule has 2 aromatic rings. The Balaban J connectivity index is 1.94. The van der Waals surface area contributed by atoms with Crippen LogP contribution in [0.15, 0.2) is 42.5 Å². The van der Waals surface area contributed by atoms with Crippen LogP contribution in [0.2, 0.25) is 0 Å². The third-order valence-electron chi connectivity index (χ3n) is 5.62. The van der Waals surface area contributed by atoms with Gasteiger partial charge < -0.3 is 19.7 Å². The Labute approximate surface area is 178 Å². The number of aryl methyl sites for hydroxylation is 1. The lowest BCUT2D eigenvalue weighted by molar-refractivity contribution is -0.124. The molecule has 0 aromatic heterocycles. The van der Waals surface area contributed by atoms with Crippen LogP contribution >= 0.6 is 0 Å². The standard InChI is InChI=1S/C24H30N2O4/c1-5-13-25-23(27)20-15-26(24(28)17-11-9-16(2)10-12-17)14-19(20)18-7-6-8-21(29-3)22(18)30-4/h6-12,19-20H,5,13-15H2,1-4H3,(H,25,27). The van der Waals surface area contributed by atoms with E-state index in [1.807, 2.05) is 56.3 Å². The highest BCUT2D eigenvalue weighted by Gasteiger charge is 2.42. The van der Waals surface area contributed by atoms with Crippen molar-refractivity contribution in [3.05, 3.63) is 59.2 Å². The van der Waals surface area contributed by atoms with Gasteiger partial charge in [0, 0.05) is 36.7 Å². The average Bonchev–Trinajstić information content (AvgIpc) is 3.22. The van der Waals surface area contributed by atoms with E-state index >= 15 is 0 Å². The van der Waals surface area contributed by atoms with Gasteiger partial charge in [-0.1, -0.05) is 36.8 Å². The monoisotopic (exact) mass is 410 g/mol. The number of likely N-dealkylation sites (tertiary alicyclic amines) is 1. The smallest absolute Gasteiger partial charge is 0.253 e. The third kappa shape index (κ3) is 4.42. The number of ether oxygens (including phenoxy) is 2. The van der Waals surface area contributed by atoms with Crippen molar-refractivity contribution in [2.75, 3.05) is 33.9 Å². The molecule has 1 heterocycles. The van der Waals surface area contributed by atoms with E-state index in [0.29, 0.717) is 36.7 Å². The predicted molar refractivity (Wildman–Crippen MR) is 116 cm³/mol. The van der Waals surface area contributed by atoms with Gasteiger partial charge in [0.1, 0.15) is 0 Å². The van der Waals surface area contributed by atoms with Crippen molar-refractivity contribution in [3.63, 3.8) is 0 Å². The molecule has 1 fully saturated rings. The lowest BCUT2D eigenvalue weighted by Crippen LogP contribution is -2.36. The van der Waals surface area contributed by atoms with Gasteiger partial charge in [-0.15, -0.1) is 0 Å². The fourth-order valence-corrected chi connectivity index (χ4v) is 4.01. The molecule has 1 aliphatic rings. The number of nitrogens with zero attached hydrogens (tertiary/aromatic N) is 1. The first-order valence-corrected chi connectivity index (χ1v) is 10.3. The van der Waals surface area contributed by atoms with E-state index in [2.05, 4.69) is 5.32 Å². The molecule has 0 radical (unpaired) electrons. The summed E-state index contributed by atoms with van der Waals surface area (Å²) < 4.78 is 11.1. The first-order chi connectivity index (χ1) is 14.5. The van der Waals surface area contributed by atoms with Crippen LogP contribution < -0.4 is 14.8 Å². The molecule has 30 heavy (non-hydrogen) atoms. The van der Waals surface area contributed by atoms with Crippen molar-refractivity contribution in [2.24, 2.45) is 5.92 Å². The Hall–Kier alpha value is -3.02. The molecule has 0 saturated carbocycles. The van der Waals surface area contributed by atoms with E-state index in [9.17, 15) is 9.59 Å². The van der Waals surface area contributed by atoms with Gasteiger partial charge in [0.2, 0.25) is 5.91 Å². The largest absolute Gasteiger partial charge is 0.493 e. The zero-order valence-electron chi connectivity index (χ0n) is 18.1. The van der Waals surface area contributed by atoms with E-state index in [1.165, 1.54) is 0 Å². The summed E-state index contributed by atoms with van der Waals surface area (Å²) in [5.41, 5.74) is 2.61. The minimum Gasteiger partial charge on any atom is -0.493 e. The maximum Gasteiger partial charge on any atom is 0.253 e. The Kier molecular flexibility index (Phi) is 6.98. The van der Waals surface area contributed by atoms with Gasteiger partial charge in [-0.2, -0.15) is 0 Å². The van der Waals surface area contributed by atoms with E-state index in [1.54, 1.807) is 19.1 Å². The molecule has 0 aliphatic carbocycles. The lowest BCUT2D eigenvalue weighted by Gasteiger charge is -2.21. The highest BCUT2D eigenvalue weighted by atomic mass is 16.5. The lowest BCUT2D eigenvalue weighted by atomic mass is 9.87. The van der Waals surface area contributed by atoms with Gasteiger partial charge in [0.05, 0.1) is 20.1 Å². The minimum atomic E-state index is -0.355. The molecule has 1 saturated heterocycles. The summed E-state index contributed by atoms with van der Waals surface area (Å²) in [4.78, 5) is 27.9. The van der Waals surface area contributed by atoms with Gasteiger partial charge in [-0.3, -0.25) is 9.59 Å². The molecule has 2 unspecified atom stereocenters. The molecule has 3 rings (SSSR count). The highest BCUT2D eigenvalue weighted by molar-refractivity contribution is 5.95. The number of hydrogen-bond acceptors (Lipinski definition) is 4. The average molecular weight is 411 g/mol. The van der Waals surface area contributed by atoms with Crippen LogP contribution in [0.1, 0.15) is 40.7 Å². The number of nitrogens with one attached hydrogen (secondary N) is 1. The summed E-state index contributed by atoms with van der Waals surface area (Å²) in [6.07, 6.45) is 0.859. The Morgan fingerprint density at radius 1 is 1.07 bits per heavy atom. The number of carbonyl (C=O) groups is 2. The summed E-state index contributed by atoms with van der Waals surface area (Å²) in [6, 6.07) is 13.2. The fraction of sp³-hybridized carbons (Fsp3) is 0.417. The van der Waals surface area contributed by atoms with Gasteiger partial charge in [-0.25, -0.2) is 0 Å². The molecular formula is C24H30N2O4. The number of para-hydroxylation sites is 1. The first-order valence-electron chi connectivity index (χ1n) is 10.3.